The van der Waals surface area contributed by atoms with E-state index in [0.29, 0.717) is 24.0 Å². The second-order valence-corrected chi connectivity index (χ2v) is 7.58. The number of aliphatic carboxylic acids is 1. The van der Waals surface area contributed by atoms with Gasteiger partial charge in [0.25, 0.3) is 0 Å². The van der Waals surface area contributed by atoms with Gasteiger partial charge in [-0.15, -0.1) is 0 Å². The summed E-state index contributed by atoms with van der Waals surface area (Å²) in [6.07, 6.45) is 7.88. The molecule has 3 nitrogen and oxygen atoms in total. The maximum atomic E-state index is 10.7. The predicted molar refractivity (Wildman–Crippen MR) is 115 cm³/mol. The van der Waals surface area contributed by atoms with Crippen LogP contribution in [0.5, 0.6) is 5.75 Å². The van der Waals surface area contributed by atoms with Gasteiger partial charge in [-0.05, 0) is 60.4 Å². The summed E-state index contributed by atoms with van der Waals surface area (Å²) in [5.41, 5.74) is 5.46. The van der Waals surface area contributed by atoms with E-state index in [1.54, 1.807) is 13.0 Å². The molecule has 0 saturated carbocycles. The highest BCUT2D eigenvalue weighted by molar-refractivity contribution is 5.81. The molecule has 0 heterocycles. The Kier molecular flexibility index (Phi) is 9.07. The zero-order chi connectivity index (χ0) is 20.6. The van der Waals surface area contributed by atoms with Gasteiger partial charge in [0.2, 0.25) is 0 Å². The van der Waals surface area contributed by atoms with Crippen molar-refractivity contribution >= 4 is 11.5 Å². The van der Waals surface area contributed by atoms with E-state index in [1.807, 2.05) is 12.2 Å². The normalized spacial score (nSPS) is 13.1. The van der Waals surface area contributed by atoms with E-state index in [1.165, 1.54) is 17.2 Å². The Morgan fingerprint density at radius 2 is 1.81 bits per heavy atom. The Bertz CT molecular complexity index is 734. The van der Waals surface area contributed by atoms with E-state index in [2.05, 4.69) is 53.7 Å². The number of carboxylic acid groups (broad SMARTS) is 1. The van der Waals surface area contributed by atoms with E-state index in [9.17, 15) is 4.79 Å². The molecular formula is C24H34O3. The summed E-state index contributed by atoms with van der Waals surface area (Å²) in [5, 5.41) is 8.81. The van der Waals surface area contributed by atoms with Gasteiger partial charge in [-0.3, -0.25) is 0 Å². The molecule has 0 radical (unpaired) electrons. The zero-order valence-electron chi connectivity index (χ0n) is 17.8. The molecule has 3 heteroatoms. The molecule has 0 saturated heterocycles. The first kappa shape index (κ1) is 22.8. The first-order valence-electron chi connectivity index (χ1n) is 9.74. The lowest BCUT2D eigenvalue weighted by molar-refractivity contribution is -0.131. The van der Waals surface area contributed by atoms with Crippen molar-refractivity contribution in [3.8, 4) is 5.75 Å². The Morgan fingerprint density at radius 3 is 2.33 bits per heavy atom. The van der Waals surface area contributed by atoms with Gasteiger partial charge in [0.15, 0.2) is 0 Å². The maximum Gasteiger partial charge on any atom is 0.328 e. The fourth-order valence-corrected chi connectivity index (χ4v) is 2.77. The molecule has 0 amide bonds. The smallest absolute Gasteiger partial charge is 0.328 e. The summed E-state index contributed by atoms with van der Waals surface area (Å²) in [7, 11) is 0. The van der Waals surface area contributed by atoms with Crippen molar-refractivity contribution < 1.29 is 14.6 Å². The van der Waals surface area contributed by atoms with Crippen molar-refractivity contribution in [3.05, 3.63) is 58.7 Å². The Labute approximate surface area is 164 Å². The largest absolute Gasteiger partial charge is 0.493 e. The van der Waals surface area contributed by atoms with Gasteiger partial charge in [0.1, 0.15) is 5.75 Å². The van der Waals surface area contributed by atoms with Gasteiger partial charge < -0.3 is 9.84 Å². The molecule has 1 aromatic carbocycles. The van der Waals surface area contributed by atoms with Crippen molar-refractivity contribution in [1.29, 1.82) is 0 Å². The van der Waals surface area contributed by atoms with Gasteiger partial charge in [0, 0.05) is 11.6 Å². The minimum atomic E-state index is -0.931. The molecule has 0 spiro atoms. The third-order valence-electron chi connectivity index (χ3n) is 4.36. The summed E-state index contributed by atoms with van der Waals surface area (Å²) in [6, 6.07) is 4.49. The van der Waals surface area contributed by atoms with E-state index >= 15 is 0 Å². The highest BCUT2D eigenvalue weighted by Gasteiger charge is 2.17. The van der Waals surface area contributed by atoms with Gasteiger partial charge in [-0.25, -0.2) is 4.79 Å². The molecule has 27 heavy (non-hydrogen) atoms. The van der Waals surface area contributed by atoms with Gasteiger partial charge >= 0.3 is 5.97 Å². The molecule has 0 bridgehead atoms. The summed E-state index contributed by atoms with van der Waals surface area (Å²) in [5.74, 6) is 0.847. The Hall–Kier alpha value is -2.29. The van der Waals surface area contributed by atoms with E-state index in [-0.39, 0.29) is 0 Å². The standard InChI is InChI=1S/C24H34O3/c1-8-12-27-24-21(17(4)5)14-20(16(2)3)15-22(24)19(7)11-9-10-18(6)13-23(25)26/h9-11,13-17H,8,12H2,1-7H3,(H,25,26)/b10-9+,18-13+,19-11-. The molecule has 0 aromatic heterocycles. The minimum Gasteiger partial charge on any atom is -0.493 e. The number of hydrogen-bond acceptors (Lipinski definition) is 2. The monoisotopic (exact) mass is 370 g/mol. The lowest BCUT2D eigenvalue weighted by Gasteiger charge is -2.21. The van der Waals surface area contributed by atoms with Crippen LogP contribution in [-0.2, 0) is 4.79 Å². The number of hydrogen-bond donors (Lipinski definition) is 1. The van der Waals surface area contributed by atoms with Crippen molar-refractivity contribution in [3.63, 3.8) is 0 Å². The number of allylic oxidation sites excluding steroid dienone is 5. The maximum absolute atomic E-state index is 10.7. The summed E-state index contributed by atoms with van der Waals surface area (Å²) < 4.78 is 6.16. The second kappa shape index (κ2) is 10.8. The van der Waals surface area contributed by atoms with Crippen molar-refractivity contribution in [2.45, 2.75) is 66.7 Å². The van der Waals surface area contributed by atoms with Crippen LogP contribution in [-0.4, -0.2) is 17.7 Å². The molecule has 1 rings (SSSR count). The second-order valence-electron chi connectivity index (χ2n) is 7.58. The number of carboxylic acids is 1. The third-order valence-corrected chi connectivity index (χ3v) is 4.36. The van der Waals surface area contributed by atoms with Crippen LogP contribution >= 0.6 is 0 Å². The minimum absolute atomic E-state index is 0.374. The summed E-state index contributed by atoms with van der Waals surface area (Å²) >= 11 is 0. The van der Waals surface area contributed by atoms with Crippen LogP contribution in [0.3, 0.4) is 0 Å². The predicted octanol–water partition coefficient (Wildman–Crippen LogP) is 6.71. The molecule has 0 unspecified atom stereocenters. The summed E-state index contributed by atoms with van der Waals surface area (Å²) in [6.45, 7) is 15.5. The van der Waals surface area contributed by atoms with Crippen LogP contribution in [0.15, 0.2) is 42.0 Å². The van der Waals surface area contributed by atoms with Crippen LogP contribution < -0.4 is 4.74 Å². The van der Waals surface area contributed by atoms with Gasteiger partial charge in [-0.2, -0.15) is 0 Å². The lowest BCUT2D eigenvalue weighted by atomic mass is 9.89. The van der Waals surface area contributed by atoms with Crippen molar-refractivity contribution in [2.75, 3.05) is 6.61 Å². The van der Waals surface area contributed by atoms with Crippen LogP contribution in [0.4, 0.5) is 0 Å². The number of ether oxygens (including phenoxy) is 1. The van der Waals surface area contributed by atoms with Gasteiger partial charge in [0.05, 0.1) is 6.61 Å². The molecule has 0 fully saturated rings. The number of rotatable bonds is 9. The number of carbonyl (C=O) groups is 1. The average Bonchev–Trinajstić information content (AvgIpc) is 2.58. The molecule has 1 N–H and O–H groups in total. The van der Waals surface area contributed by atoms with Crippen LogP contribution in [0.1, 0.15) is 83.4 Å². The van der Waals surface area contributed by atoms with E-state index < -0.39 is 5.97 Å². The van der Waals surface area contributed by atoms with Crippen molar-refractivity contribution in [1.82, 2.24) is 0 Å². The molecule has 0 aliphatic heterocycles. The van der Waals surface area contributed by atoms with Crippen LogP contribution in [0.2, 0.25) is 0 Å². The summed E-state index contributed by atoms with van der Waals surface area (Å²) in [4.78, 5) is 10.7. The molecule has 148 valence electrons. The first-order chi connectivity index (χ1) is 12.7. The Balaban J connectivity index is 3.42. The fourth-order valence-electron chi connectivity index (χ4n) is 2.77. The quantitative estimate of drug-likeness (QED) is 0.388. The highest BCUT2D eigenvalue weighted by atomic mass is 16.5. The molecule has 0 atom stereocenters. The topological polar surface area (TPSA) is 46.5 Å². The highest BCUT2D eigenvalue weighted by Crippen LogP contribution is 2.37. The lowest BCUT2D eigenvalue weighted by Crippen LogP contribution is -2.05. The molecular weight excluding hydrogens is 336 g/mol. The molecule has 0 aliphatic rings. The van der Waals surface area contributed by atoms with E-state index in [0.717, 1.165) is 23.3 Å². The van der Waals surface area contributed by atoms with E-state index in [4.69, 9.17) is 9.84 Å². The fraction of sp³-hybridized carbons (Fsp3) is 0.458. The molecule has 0 aliphatic carbocycles. The Morgan fingerprint density at radius 1 is 1.15 bits per heavy atom. The van der Waals surface area contributed by atoms with Crippen LogP contribution in [0, 0.1) is 0 Å². The third kappa shape index (κ3) is 7.09. The SMILES string of the molecule is CCCOc1c(\C(C)=C/C=C/C(C)=C/C(=O)O)cc(C(C)C)cc1C(C)C. The first-order valence-corrected chi connectivity index (χ1v) is 9.74. The van der Waals surface area contributed by atoms with Crippen LogP contribution in [0.25, 0.3) is 5.57 Å². The molecule has 1 aromatic rings. The average molecular weight is 371 g/mol. The zero-order valence-corrected chi connectivity index (χ0v) is 17.8. The number of benzene rings is 1. The van der Waals surface area contributed by atoms with Gasteiger partial charge in [-0.1, -0.05) is 58.9 Å². The van der Waals surface area contributed by atoms with Crippen molar-refractivity contribution in [2.24, 2.45) is 0 Å².